The van der Waals surface area contributed by atoms with Crippen LogP contribution in [0.5, 0.6) is 0 Å². The van der Waals surface area contributed by atoms with Crippen LogP contribution in [-0.4, -0.2) is 17.7 Å². The molecule has 0 aliphatic carbocycles. The second-order valence-corrected chi connectivity index (χ2v) is 4.19. The van der Waals surface area contributed by atoms with Crippen LogP contribution in [0.3, 0.4) is 0 Å². The van der Waals surface area contributed by atoms with Crippen molar-refractivity contribution in [1.29, 1.82) is 0 Å². The van der Waals surface area contributed by atoms with E-state index in [1.807, 2.05) is 18.2 Å². The molecular formula is C13H18N2O2. The quantitative estimate of drug-likeness (QED) is 0.801. The molecule has 0 aliphatic rings. The third-order valence-corrected chi connectivity index (χ3v) is 2.92. The molecule has 1 aromatic carbocycles. The molecule has 92 valence electrons. The van der Waals surface area contributed by atoms with Crippen LogP contribution in [0.15, 0.2) is 27.4 Å². The fourth-order valence-electron chi connectivity index (χ4n) is 1.92. The summed E-state index contributed by atoms with van der Waals surface area (Å²) in [6.45, 7) is 4.14. The zero-order chi connectivity index (χ0) is 12.3. The largest absolute Gasteiger partial charge is 0.419 e. The fraction of sp³-hybridized carbons (Fsp3) is 0.462. The topological polar surface area (TPSA) is 47.2 Å². The van der Waals surface area contributed by atoms with E-state index in [0.29, 0.717) is 5.58 Å². The van der Waals surface area contributed by atoms with E-state index < -0.39 is 0 Å². The SMILES string of the molecule is CCNCCCc1ccc2oc(=O)n(C)c2c1. The minimum Gasteiger partial charge on any atom is -0.408 e. The Bertz CT molecular complexity index is 554. The first-order valence-corrected chi connectivity index (χ1v) is 6.01. The molecule has 1 heterocycles. The normalized spacial score (nSPS) is 11.2. The predicted octanol–water partition coefficient (Wildman–Crippen LogP) is 1.67. The number of nitrogens with zero attached hydrogens (tertiary/aromatic N) is 1. The van der Waals surface area contributed by atoms with Gasteiger partial charge in [-0.2, -0.15) is 0 Å². The Kier molecular flexibility index (Phi) is 3.64. The molecule has 0 radical (unpaired) electrons. The average Bonchev–Trinajstić information content (AvgIpc) is 2.61. The lowest BCUT2D eigenvalue weighted by Crippen LogP contribution is -2.14. The Labute approximate surface area is 100 Å². The number of hydrogen-bond donors (Lipinski definition) is 1. The Morgan fingerprint density at radius 3 is 3.00 bits per heavy atom. The van der Waals surface area contributed by atoms with Crippen LogP contribution in [0.2, 0.25) is 0 Å². The lowest BCUT2D eigenvalue weighted by atomic mass is 10.1. The summed E-state index contributed by atoms with van der Waals surface area (Å²) in [5.41, 5.74) is 2.77. The first kappa shape index (κ1) is 11.9. The number of oxazole rings is 1. The molecule has 0 saturated carbocycles. The van der Waals surface area contributed by atoms with Crippen LogP contribution < -0.4 is 11.1 Å². The zero-order valence-corrected chi connectivity index (χ0v) is 10.3. The first-order chi connectivity index (χ1) is 8.22. The Morgan fingerprint density at radius 2 is 2.24 bits per heavy atom. The van der Waals surface area contributed by atoms with E-state index in [2.05, 4.69) is 12.2 Å². The maximum atomic E-state index is 11.3. The maximum Gasteiger partial charge on any atom is 0.419 e. The number of aryl methyl sites for hydroxylation is 2. The summed E-state index contributed by atoms with van der Waals surface area (Å²) in [5.74, 6) is -0.301. The van der Waals surface area contributed by atoms with Gasteiger partial charge in [0.15, 0.2) is 5.58 Å². The second-order valence-electron chi connectivity index (χ2n) is 4.19. The molecule has 1 aromatic heterocycles. The highest BCUT2D eigenvalue weighted by Gasteiger charge is 2.05. The van der Waals surface area contributed by atoms with Crippen LogP contribution in [-0.2, 0) is 13.5 Å². The van der Waals surface area contributed by atoms with Gasteiger partial charge in [0.1, 0.15) is 0 Å². The van der Waals surface area contributed by atoms with Crippen LogP contribution in [0.1, 0.15) is 18.9 Å². The Balaban J connectivity index is 2.14. The van der Waals surface area contributed by atoms with E-state index in [9.17, 15) is 4.79 Å². The van der Waals surface area contributed by atoms with Crippen molar-refractivity contribution in [1.82, 2.24) is 9.88 Å². The minimum absolute atomic E-state index is 0.301. The molecule has 0 bridgehead atoms. The molecule has 0 spiro atoms. The van der Waals surface area contributed by atoms with Crippen LogP contribution in [0.25, 0.3) is 11.1 Å². The number of hydrogen-bond acceptors (Lipinski definition) is 3. The zero-order valence-electron chi connectivity index (χ0n) is 10.3. The molecule has 2 rings (SSSR count). The molecule has 2 aromatic rings. The highest BCUT2D eigenvalue weighted by molar-refractivity contribution is 5.73. The van der Waals surface area contributed by atoms with Gasteiger partial charge in [-0.1, -0.05) is 13.0 Å². The van der Waals surface area contributed by atoms with Crippen molar-refractivity contribution in [3.63, 3.8) is 0 Å². The number of aromatic nitrogens is 1. The van der Waals surface area contributed by atoms with Crippen LogP contribution >= 0.6 is 0 Å². The molecule has 0 aliphatic heterocycles. The second kappa shape index (κ2) is 5.19. The summed E-state index contributed by atoms with van der Waals surface area (Å²) in [7, 11) is 1.73. The standard InChI is InChI=1S/C13H18N2O2/c1-3-14-8-4-5-10-6-7-12-11(9-10)15(2)13(16)17-12/h6-7,9,14H,3-5,8H2,1-2H3. The van der Waals surface area contributed by atoms with Gasteiger partial charge in [0.2, 0.25) is 0 Å². The summed E-state index contributed by atoms with van der Waals surface area (Å²) in [5, 5.41) is 3.30. The van der Waals surface area contributed by atoms with Crippen LogP contribution in [0, 0.1) is 0 Å². The van der Waals surface area contributed by atoms with Crippen molar-refractivity contribution in [2.24, 2.45) is 7.05 Å². The van der Waals surface area contributed by atoms with E-state index in [4.69, 9.17) is 4.42 Å². The number of nitrogens with one attached hydrogen (secondary N) is 1. The molecule has 0 amide bonds. The molecule has 0 unspecified atom stereocenters. The van der Waals surface area contributed by atoms with E-state index in [0.717, 1.165) is 31.4 Å². The molecule has 4 heteroatoms. The average molecular weight is 234 g/mol. The summed E-state index contributed by atoms with van der Waals surface area (Å²) < 4.78 is 6.64. The number of benzene rings is 1. The lowest BCUT2D eigenvalue weighted by Gasteiger charge is -2.02. The van der Waals surface area contributed by atoms with Crippen molar-refractivity contribution in [3.05, 3.63) is 34.3 Å². The maximum absolute atomic E-state index is 11.3. The van der Waals surface area contributed by atoms with Gasteiger partial charge in [0.05, 0.1) is 5.52 Å². The van der Waals surface area contributed by atoms with Gasteiger partial charge in [-0.3, -0.25) is 4.57 Å². The molecule has 0 atom stereocenters. The van der Waals surface area contributed by atoms with Crippen molar-refractivity contribution in [2.75, 3.05) is 13.1 Å². The third kappa shape index (κ3) is 2.58. The number of rotatable bonds is 5. The fourth-order valence-corrected chi connectivity index (χ4v) is 1.92. The van der Waals surface area contributed by atoms with E-state index in [-0.39, 0.29) is 5.76 Å². The van der Waals surface area contributed by atoms with Gasteiger partial charge in [-0.15, -0.1) is 0 Å². The van der Waals surface area contributed by atoms with E-state index >= 15 is 0 Å². The van der Waals surface area contributed by atoms with Gasteiger partial charge in [-0.25, -0.2) is 4.79 Å². The van der Waals surface area contributed by atoms with Crippen molar-refractivity contribution in [2.45, 2.75) is 19.8 Å². The minimum atomic E-state index is -0.301. The van der Waals surface area contributed by atoms with E-state index in [1.54, 1.807) is 11.6 Å². The van der Waals surface area contributed by atoms with Crippen molar-refractivity contribution in [3.8, 4) is 0 Å². The van der Waals surface area contributed by atoms with Gasteiger partial charge in [-0.05, 0) is 43.6 Å². The van der Waals surface area contributed by atoms with Crippen LogP contribution in [0.4, 0.5) is 0 Å². The lowest BCUT2D eigenvalue weighted by molar-refractivity contribution is 0.528. The molecule has 17 heavy (non-hydrogen) atoms. The van der Waals surface area contributed by atoms with E-state index in [1.165, 1.54) is 5.56 Å². The number of fused-ring (bicyclic) bond motifs is 1. The molecular weight excluding hydrogens is 216 g/mol. The summed E-state index contributed by atoms with van der Waals surface area (Å²) >= 11 is 0. The highest BCUT2D eigenvalue weighted by atomic mass is 16.4. The van der Waals surface area contributed by atoms with Gasteiger partial charge in [0.25, 0.3) is 0 Å². The Morgan fingerprint density at radius 1 is 1.41 bits per heavy atom. The predicted molar refractivity (Wildman–Crippen MR) is 68.3 cm³/mol. The summed E-state index contributed by atoms with van der Waals surface area (Å²) in [6, 6.07) is 5.93. The smallest absolute Gasteiger partial charge is 0.408 e. The highest BCUT2D eigenvalue weighted by Crippen LogP contribution is 2.15. The summed E-state index contributed by atoms with van der Waals surface area (Å²) in [6.07, 6.45) is 2.12. The monoisotopic (exact) mass is 234 g/mol. The molecule has 4 nitrogen and oxygen atoms in total. The summed E-state index contributed by atoms with van der Waals surface area (Å²) in [4.78, 5) is 11.3. The van der Waals surface area contributed by atoms with Gasteiger partial charge < -0.3 is 9.73 Å². The first-order valence-electron chi connectivity index (χ1n) is 6.01. The van der Waals surface area contributed by atoms with Gasteiger partial charge in [0, 0.05) is 7.05 Å². The molecule has 0 saturated heterocycles. The molecule has 0 fully saturated rings. The van der Waals surface area contributed by atoms with Crippen molar-refractivity contribution < 1.29 is 4.42 Å². The van der Waals surface area contributed by atoms with Gasteiger partial charge >= 0.3 is 5.76 Å². The Hall–Kier alpha value is -1.55. The molecule has 1 N–H and O–H groups in total. The third-order valence-electron chi connectivity index (χ3n) is 2.92. The van der Waals surface area contributed by atoms with Crippen molar-refractivity contribution >= 4 is 11.1 Å².